The SMILES string of the molecule is COc1c(OC(=O)n2ccnc2)ccc2c1[C@]13CCN(CC4CC4)[C@H](C2)[C@]1(O)CCC(=O)C3. The van der Waals surface area contributed by atoms with Crippen molar-refractivity contribution in [2.75, 3.05) is 20.2 Å². The van der Waals surface area contributed by atoms with Gasteiger partial charge in [-0.2, -0.15) is 0 Å². The third kappa shape index (κ3) is 3.07. The van der Waals surface area contributed by atoms with Gasteiger partial charge in [0.15, 0.2) is 11.5 Å². The molecule has 1 aliphatic heterocycles. The van der Waals surface area contributed by atoms with Gasteiger partial charge in [0.05, 0.1) is 12.7 Å². The van der Waals surface area contributed by atoms with Crippen LogP contribution in [0.15, 0.2) is 30.9 Å². The quantitative estimate of drug-likeness (QED) is 0.764. The van der Waals surface area contributed by atoms with Crippen LogP contribution in [0.5, 0.6) is 11.5 Å². The number of carbonyl (C=O) groups is 2. The van der Waals surface area contributed by atoms with E-state index >= 15 is 0 Å². The number of imidazole rings is 1. The van der Waals surface area contributed by atoms with Crippen molar-refractivity contribution < 1.29 is 24.2 Å². The number of piperidine rings is 1. The fourth-order valence-electron chi connectivity index (χ4n) is 6.61. The number of aromatic nitrogens is 2. The molecule has 3 fully saturated rings. The molecule has 0 spiro atoms. The molecular formula is C25H29N3O5. The minimum atomic E-state index is -1.01. The van der Waals surface area contributed by atoms with Crippen molar-refractivity contribution in [3.8, 4) is 11.5 Å². The summed E-state index contributed by atoms with van der Waals surface area (Å²) in [6, 6.07) is 3.72. The molecule has 4 aliphatic rings. The number of hydrogen-bond donors (Lipinski definition) is 1. The third-order valence-corrected chi connectivity index (χ3v) is 8.34. The first-order valence-corrected chi connectivity index (χ1v) is 11.8. The molecular weight excluding hydrogens is 422 g/mol. The molecule has 1 N–H and O–H groups in total. The molecule has 0 amide bonds. The van der Waals surface area contributed by atoms with E-state index in [1.54, 1.807) is 13.2 Å². The van der Waals surface area contributed by atoms with Gasteiger partial charge in [-0.1, -0.05) is 6.07 Å². The summed E-state index contributed by atoms with van der Waals surface area (Å²) in [5.74, 6) is 1.64. The van der Waals surface area contributed by atoms with Crippen molar-refractivity contribution in [3.05, 3.63) is 42.0 Å². The molecule has 174 valence electrons. The normalized spacial score (nSPS) is 31.0. The molecule has 8 nitrogen and oxygen atoms in total. The Hall–Kier alpha value is -2.71. The summed E-state index contributed by atoms with van der Waals surface area (Å²) in [5, 5.41) is 12.3. The summed E-state index contributed by atoms with van der Waals surface area (Å²) in [4.78, 5) is 31.8. The summed E-state index contributed by atoms with van der Waals surface area (Å²) < 4.78 is 12.8. The topological polar surface area (TPSA) is 93.9 Å². The number of likely N-dealkylation sites (tertiary alicyclic amines) is 1. The first-order valence-electron chi connectivity index (χ1n) is 11.8. The molecule has 1 aromatic carbocycles. The fraction of sp³-hybridized carbons (Fsp3) is 0.560. The lowest BCUT2D eigenvalue weighted by Crippen LogP contribution is -2.73. The van der Waals surface area contributed by atoms with E-state index in [4.69, 9.17) is 9.47 Å². The van der Waals surface area contributed by atoms with Crippen LogP contribution in [0.4, 0.5) is 4.79 Å². The molecule has 2 aromatic rings. The number of nitrogens with zero attached hydrogens (tertiary/aromatic N) is 3. The molecule has 1 saturated heterocycles. The van der Waals surface area contributed by atoms with Gasteiger partial charge in [-0.15, -0.1) is 0 Å². The van der Waals surface area contributed by atoms with Crippen LogP contribution in [-0.4, -0.2) is 63.3 Å². The summed E-state index contributed by atoms with van der Waals surface area (Å²) >= 11 is 0. The van der Waals surface area contributed by atoms with E-state index in [-0.39, 0.29) is 11.8 Å². The van der Waals surface area contributed by atoms with E-state index in [1.807, 2.05) is 6.07 Å². The van der Waals surface area contributed by atoms with Gasteiger partial charge in [0, 0.05) is 48.8 Å². The van der Waals surface area contributed by atoms with Gasteiger partial charge in [-0.25, -0.2) is 14.3 Å². The molecule has 3 atom stereocenters. The molecule has 2 saturated carbocycles. The third-order valence-electron chi connectivity index (χ3n) is 8.34. The Kier molecular flexibility index (Phi) is 4.68. The smallest absolute Gasteiger partial charge is 0.424 e. The maximum atomic E-state index is 12.8. The second kappa shape index (κ2) is 7.40. The van der Waals surface area contributed by atoms with Crippen molar-refractivity contribution in [2.45, 2.75) is 62.0 Å². The predicted octanol–water partition coefficient (Wildman–Crippen LogP) is 2.70. The summed E-state index contributed by atoms with van der Waals surface area (Å²) in [5.41, 5.74) is 0.169. The average Bonchev–Trinajstić information content (AvgIpc) is 3.44. The predicted molar refractivity (Wildman–Crippen MR) is 119 cm³/mol. The standard InChI is InChI=1S/C25H29N3O5/c1-32-22-19(33-23(30)28-11-9-26-15-28)5-4-17-12-20-25(31)7-6-18(29)13-24(25,21(17)22)8-10-27(20)14-16-2-3-16/h4-5,9,11,15-16,20,31H,2-3,6-8,10,12-14H2,1H3/t20-,24-,25-/m1/s1. The van der Waals surface area contributed by atoms with Gasteiger partial charge >= 0.3 is 6.09 Å². The van der Waals surface area contributed by atoms with E-state index in [0.717, 1.165) is 30.1 Å². The monoisotopic (exact) mass is 451 g/mol. The molecule has 2 bridgehead atoms. The number of carbonyl (C=O) groups excluding carboxylic acids is 2. The van der Waals surface area contributed by atoms with Gasteiger partial charge in [0.1, 0.15) is 12.1 Å². The summed E-state index contributed by atoms with van der Waals surface area (Å²) in [6.45, 7) is 1.86. The van der Waals surface area contributed by atoms with Crippen LogP contribution in [0.2, 0.25) is 0 Å². The number of ketones is 1. The highest BCUT2D eigenvalue weighted by molar-refractivity contribution is 5.83. The van der Waals surface area contributed by atoms with Crippen LogP contribution in [-0.2, 0) is 16.6 Å². The van der Waals surface area contributed by atoms with Gasteiger partial charge < -0.3 is 14.6 Å². The van der Waals surface area contributed by atoms with Crippen LogP contribution in [0.3, 0.4) is 0 Å². The maximum absolute atomic E-state index is 12.8. The number of rotatable bonds is 4. The van der Waals surface area contributed by atoms with Crippen LogP contribution >= 0.6 is 0 Å². The summed E-state index contributed by atoms with van der Waals surface area (Å²) in [7, 11) is 1.55. The van der Waals surface area contributed by atoms with Crippen molar-refractivity contribution in [1.82, 2.24) is 14.5 Å². The average molecular weight is 452 g/mol. The molecule has 0 unspecified atom stereocenters. The lowest BCUT2D eigenvalue weighted by molar-refractivity contribution is -0.173. The zero-order chi connectivity index (χ0) is 22.8. The number of benzene rings is 1. The number of methoxy groups -OCH3 is 1. The number of ether oxygens (including phenoxy) is 2. The van der Waals surface area contributed by atoms with Crippen molar-refractivity contribution in [2.24, 2.45) is 5.92 Å². The minimum absolute atomic E-state index is 0.0171. The van der Waals surface area contributed by atoms with Crippen LogP contribution in [0, 0.1) is 5.92 Å². The van der Waals surface area contributed by atoms with Crippen LogP contribution in [0.1, 0.15) is 49.7 Å². The van der Waals surface area contributed by atoms with E-state index in [1.165, 1.54) is 36.1 Å². The first-order chi connectivity index (χ1) is 15.9. The number of fused-ring (bicyclic) bond motifs is 1. The minimum Gasteiger partial charge on any atom is -0.493 e. The highest BCUT2D eigenvalue weighted by Crippen LogP contribution is 2.61. The van der Waals surface area contributed by atoms with E-state index < -0.39 is 17.1 Å². The van der Waals surface area contributed by atoms with Crippen molar-refractivity contribution in [3.63, 3.8) is 0 Å². The molecule has 3 aliphatic carbocycles. The van der Waals surface area contributed by atoms with Crippen LogP contribution < -0.4 is 9.47 Å². The number of hydrogen-bond acceptors (Lipinski definition) is 7. The highest BCUT2D eigenvalue weighted by Gasteiger charge is 2.66. The van der Waals surface area contributed by atoms with Gasteiger partial charge in [-0.05, 0) is 56.2 Å². The van der Waals surface area contributed by atoms with Gasteiger partial charge in [0.25, 0.3) is 0 Å². The number of Topliss-reactive ketones (excluding diaryl/α,β-unsaturated/α-hetero) is 1. The lowest BCUT2D eigenvalue weighted by atomic mass is 9.49. The second-order valence-corrected chi connectivity index (χ2v) is 10.1. The Morgan fingerprint density at radius 3 is 2.88 bits per heavy atom. The number of aliphatic hydroxyl groups is 1. The van der Waals surface area contributed by atoms with Crippen molar-refractivity contribution >= 4 is 11.9 Å². The molecule has 2 heterocycles. The maximum Gasteiger partial charge on any atom is 0.424 e. The highest BCUT2D eigenvalue weighted by atomic mass is 16.6. The second-order valence-electron chi connectivity index (χ2n) is 10.1. The Labute approximate surface area is 192 Å². The Bertz CT molecular complexity index is 1110. The largest absolute Gasteiger partial charge is 0.493 e. The lowest BCUT2D eigenvalue weighted by Gasteiger charge is -2.63. The van der Waals surface area contributed by atoms with Crippen molar-refractivity contribution in [1.29, 1.82) is 0 Å². The Morgan fingerprint density at radius 2 is 2.15 bits per heavy atom. The first kappa shape index (κ1) is 20.9. The Morgan fingerprint density at radius 1 is 1.30 bits per heavy atom. The Balaban J connectivity index is 1.46. The zero-order valence-corrected chi connectivity index (χ0v) is 18.8. The van der Waals surface area contributed by atoms with Gasteiger partial charge in [-0.3, -0.25) is 9.69 Å². The summed E-state index contributed by atoms with van der Waals surface area (Å²) in [6.07, 6.45) is 8.87. The molecule has 6 rings (SSSR count). The van der Waals surface area contributed by atoms with E-state index in [0.29, 0.717) is 43.6 Å². The van der Waals surface area contributed by atoms with E-state index in [9.17, 15) is 14.7 Å². The van der Waals surface area contributed by atoms with Crippen LogP contribution in [0.25, 0.3) is 0 Å². The molecule has 33 heavy (non-hydrogen) atoms. The van der Waals surface area contributed by atoms with E-state index in [2.05, 4.69) is 9.88 Å². The molecule has 0 radical (unpaired) electrons. The molecule has 8 heteroatoms. The fourth-order valence-corrected chi connectivity index (χ4v) is 6.61. The zero-order valence-electron chi connectivity index (χ0n) is 18.8. The molecule has 1 aromatic heterocycles. The van der Waals surface area contributed by atoms with Gasteiger partial charge in [0.2, 0.25) is 0 Å².